The molecule has 27 heavy (non-hydrogen) atoms. The first-order valence-electron chi connectivity index (χ1n) is 9.55. The highest BCUT2D eigenvalue weighted by molar-refractivity contribution is 7.89. The molecule has 0 aromatic heterocycles. The number of amides is 2. The molecule has 1 atom stereocenters. The Morgan fingerprint density at radius 3 is 2.78 bits per heavy atom. The fourth-order valence-corrected chi connectivity index (χ4v) is 4.86. The van der Waals surface area contributed by atoms with Crippen LogP contribution in [0.2, 0.25) is 0 Å². The van der Waals surface area contributed by atoms with Crippen molar-refractivity contribution in [2.45, 2.75) is 39.2 Å². The first kappa shape index (κ1) is 19.8. The molecule has 1 N–H and O–H groups in total. The van der Waals surface area contributed by atoms with E-state index in [-0.39, 0.29) is 30.0 Å². The largest absolute Gasteiger partial charge is 0.352 e. The summed E-state index contributed by atoms with van der Waals surface area (Å²) < 4.78 is 25.5. The number of rotatable bonds is 6. The van der Waals surface area contributed by atoms with E-state index in [9.17, 15) is 18.0 Å². The molecule has 2 amide bonds. The quantitative estimate of drug-likeness (QED) is 0.793. The van der Waals surface area contributed by atoms with Gasteiger partial charge in [0.25, 0.3) is 0 Å². The van der Waals surface area contributed by atoms with E-state index in [1.807, 2.05) is 24.3 Å². The van der Waals surface area contributed by atoms with Crippen LogP contribution in [0, 0.1) is 5.92 Å². The Morgan fingerprint density at radius 1 is 1.26 bits per heavy atom. The summed E-state index contributed by atoms with van der Waals surface area (Å²) in [6.45, 7) is 3.47. The molecule has 2 fully saturated rings. The van der Waals surface area contributed by atoms with Gasteiger partial charge in [0.15, 0.2) is 0 Å². The van der Waals surface area contributed by atoms with E-state index in [0.29, 0.717) is 32.4 Å². The third-order valence-electron chi connectivity index (χ3n) is 5.28. The number of nitrogens with one attached hydrogen (secondary N) is 1. The second-order valence-corrected chi connectivity index (χ2v) is 9.39. The number of sulfonamides is 1. The molecule has 2 saturated heterocycles. The second-order valence-electron chi connectivity index (χ2n) is 7.13. The lowest BCUT2D eigenvalue weighted by Crippen LogP contribution is -2.45. The molecular formula is C19H27N3O4S. The van der Waals surface area contributed by atoms with Gasteiger partial charge in [0.2, 0.25) is 21.8 Å². The molecule has 0 unspecified atom stereocenters. The van der Waals surface area contributed by atoms with Crippen LogP contribution in [0.25, 0.3) is 0 Å². The predicted octanol–water partition coefficient (Wildman–Crippen LogP) is 1.49. The second kappa shape index (κ2) is 8.39. The Morgan fingerprint density at radius 2 is 2.07 bits per heavy atom. The summed E-state index contributed by atoms with van der Waals surface area (Å²) in [5.74, 6) is -0.240. The average molecular weight is 394 g/mol. The first-order chi connectivity index (χ1) is 12.9. The Balaban J connectivity index is 1.58. The monoisotopic (exact) mass is 393 g/mol. The summed E-state index contributed by atoms with van der Waals surface area (Å²) in [7, 11) is -3.26. The Kier molecular flexibility index (Phi) is 6.16. The third-order valence-corrected chi connectivity index (χ3v) is 7.12. The van der Waals surface area contributed by atoms with E-state index < -0.39 is 10.0 Å². The Hall–Kier alpha value is -1.93. The number of hydrogen-bond acceptors (Lipinski definition) is 4. The molecule has 1 aromatic rings. The fourth-order valence-electron chi connectivity index (χ4n) is 3.68. The van der Waals surface area contributed by atoms with Crippen molar-refractivity contribution in [3.63, 3.8) is 0 Å². The minimum Gasteiger partial charge on any atom is -0.352 e. The average Bonchev–Trinajstić information content (AvgIpc) is 3.12. The summed E-state index contributed by atoms with van der Waals surface area (Å²) in [5.41, 5.74) is 1.79. The van der Waals surface area contributed by atoms with Crippen LogP contribution in [0.5, 0.6) is 0 Å². The molecule has 7 nitrogen and oxygen atoms in total. The van der Waals surface area contributed by atoms with Gasteiger partial charge in [-0.1, -0.05) is 12.1 Å². The number of hydrogen-bond donors (Lipinski definition) is 1. The molecule has 0 aliphatic carbocycles. The predicted molar refractivity (Wildman–Crippen MR) is 104 cm³/mol. The van der Waals surface area contributed by atoms with Crippen molar-refractivity contribution < 1.29 is 18.0 Å². The number of anilines is 1. The Bertz CT molecular complexity index is 809. The zero-order valence-corrected chi connectivity index (χ0v) is 16.5. The lowest BCUT2D eigenvalue weighted by atomic mass is 9.98. The van der Waals surface area contributed by atoms with Gasteiger partial charge in [-0.25, -0.2) is 12.7 Å². The molecular weight excluding hydrogens is 366 g/mol. The van der Waals surface area contributed by atoms with Crippen molar-refractivity contribution in [2.24, 2.45) is 5.92 Å². The molecule has 148 valence electrons. The SMILES string of the molecule is CCS(=O)(=O)N1CCC[C@@H](C(=O)NCc2cccc(N3CCCC3=O)c2)C1. The molecule has 0 spiro atoms. The number of piperidine rings is 1. The van der Waals surface area contributed by atoms with Crippen LogP contribution in [-0.4, -0.2) is 49.9 Å². The van der Waals surface area contributed by atoms with E-state index in [2.05, 4.69) is 5.32 Å². The normalized spacial score (nSPS) is 21.4. The van der Waals surface area contributed by atoms with E-state index in [0.717, 1.165) is 24.2 Å². The number of carbonyl (C=O) groups is 2. The topological polar surface area (TPSA) is 86.8 Å². The first-order valence-corrected chi connectivity index (χ1v) is 11.2. The molecule has 0 saturated carbocycles. The molecule has 2 aliphatic heterocycles. The van der Waals surface area contributed by atoms with Gasteiger partial charge in [0.1, 0.15) is 0 Å². The van der Waals surface area contributed by atoms with Gasteiger partial charge in [-0.05, 0) is 43.9 Å². The molecule has 8 heteroatoms. The van der Waals surface area contributed by atoms with Crippen molar-refractivity contribution in [1.29, 1.82) is 0 Å². The highest BCUT2D eigenvalue weighted by atomic mass is 32.2. The maximum atomic E-state index is 12.5. The zero-order valence-electron chi connectivity index (χ0n) is 15.7. The maximum Gasteiger partial charge on any atom is 0.227 e. The van der Waals surface area contributed by atoms with Gasteiger partial charge in [-0.2, -0.15) is 0 Å². The number of nitrogens with zero attached hydrogens (tertiary/aromatic N) is 2. The van der Waals surface area contributed by atoms with E-state index in [4.69, 9.17) is 0 Å². The van der Waals surface area contributed by atoms with Gasteiger partial charge in [-0.3, -0.25) is 9.59 Å². The summed E-state index contributed by atoms with van der Waals surface area (Å²) in [4.78, 5) is 26.2. The fraction of sp³-hybridized carbons (Fsp3) is 0.579. The summed E-state index contributed by atoms with van der Waals surface area (Å²) in [5, 5.41) is 2.92. The van der Waals surface area contributed by atoms with Gasteiger partial charge < -0.3 is 10.2 Å². The zero-order chi connectivity index (χ0) is 19.4. The van der Waals surface area contributed by atoms with E-state index in [1.54, 1.807) is 11.8 Å². The van der Waals surface area contributed by atoms with E-state index >= 15 is 0 Å². The summed E-state index contributed by atoms with van der Waals surface area (Å²) in [6, 6.07) is 7.64. The number of benzene rings is 1. The van der Waals surface area contributed by atoms with Gasteiger partial charge in [-0.15, -0.1) is 0 Å². The summed E-state index contributed by atoms with van der Waals surface area (Å²) in [6.07, 6.45) is 2.85. The molecule has 0 radical (unpaired) electrons. The van der Waals surface area contributed by atoms with Crippen LogP contribution < -0.4 is 10.2 Å². The van der Waals surface area contributed by atoms with Crippen LogP contribution in [-0.2, 0) is 26.2 Å². The highest BCUT2D eigenvalue weighted by Gasteiger charge is 2.31. The highest BCUT2D eigenvalue weighted by Crippen LogP contribution is 2.23. The molecule has 0 bridgehead atoms. The molecule has 2 aliphatic rings. The van der Waals surface area contributed by atoms with Crippen molar-refractivity contribution >= 4 is 27.5 Å². The third kappa shape index (κ3) is 4.68. The van der Waals surface area contributed by atoms with Gasteiger partial charge >= 0.3 is 0 Å². The van der Waals surface area contributed by atoms with Crippen molar-refractivity contribution in [1.82, 2.24) is 9.62 Å². The number of carbonyl (C=O) groups excluding carboxylic acids is 2. The van der Waals surface area contributed by atoms with Gasteiger partial charge in [0, 0.05) is 38.3 Å². The molecule has 3 rings (SSSR count). The van der Waals surface area contributed by atoms with Crippen molar-refractivity contribution in [2.75, 3.05) is 30.3 Å². The van der Waals surface area contributed by atoms with Crippen LogP contribution >= 0.6 is 0 Å². The minimum atomic E-state index is -3.26. The van der Waals surface area contributed by atoms with Crippen LogP contribution in [0.3, 0.4) is 0 Å². The lowest BCUT2D eigenvalue weighted by Gasteiger charge is -2.30. The van der Waals surface area contributed by atoms with Crippen LogP contribution in [0.4, 0.5) is 5.69 Å². The Labute approximate surface area is 160 Å². The van der Waals surface area contributed by atoms with E-state index in [1.165, 1.54) is 4.31 Å². The minimum absolute atomic E-state index is 0.0589. The molecule has 1 aromatic carbocycles. The summed E-state index contributed by atoms with van der Waals surface area (Å²) >= 11 is 0. The maximum absolute atomic E-state index is 12.5. The van der Waals surface area contributed by atoms with Crippen LogP contribution in [0.15, 0.2) is 24.3 Å². The standard InChI is InChI=1S/C19H27N3O4S/c1-2-27(25,26)21-10-4-7-16(14-21)19(24)20-13-15-6-3-8-17(12-15)22-11-5-9-18(22)23/h3,6,8,12,16H,2,4-5,7,9-11,13-14H2,1H3,(H,20,24)/t16-/m1/s1. The molecule has 2 heterocycles. The smallest absolute Gasteiger partial charge is 0.227 e. The van der Waals surface area contributed by atoms with Crippen molar-refractivity contribution in [3.8, 4) is 0 Å². The van der Waals surface area contributed by atoms with Gasteiger partial charge in [0.05, 0.1) is 11.7 Å². The van der Waals surface area contributed by atoms with Crippen LogP contribution in [0.1, 0.15) is 38.2 Å². The lowest BCUT2D eigenvalue weighted by molar-refractivity contribution is -0.126. The van der Waals surface area contributed by atoms with Crippen molar-refractivity contribution in [3.05, 3.63) is 29.8 Å².